The van der Waals surface area contributed by atoms with Gasteiger partial charge in [-0.2, -0.15) is 5.53 Å². The lowest BCUT2D eigenvalue weighted by molar-refractivity contribution is -0.0963. The Morgan fingerprint density at radius 3 is 2.25 bits per heavy atom. The predicted molar refractivity (Wildman–Crippen MR) is 79.3 cm³/mol. The van der Waals surface area contributed by atoms with Crippen molar-refractivity contribution in [3.63, 3.8) is 0 Å². The van der Waals surface area contributed by atoms with E-state index in [0.29, 0.717) is 6.79 Å². The van der Waals surface area contributed by atoms with E-state index in [0.717, 1.165) is 26.2 Å². The number of hydrogen-bond acceptors (Lipinski definition) is 5. The minimum atomic E-state index is 0.500. The van der Waals surface area contributed by atoms with Crippen LogP contribution in [0.5, 0.6) is 0 Å². The van der Waals surface area contributed by atoms with E-state index in [4.69, 9.17) is 9.47 Å². The smallest absolute Gasteiger partial charge is 0.146 e. The van der Waals surface area contributed by atoms with E-state index in [-0.39, 0.29) is 0 Å². The van der Waals surface area contributed by atoms with Crippen LogP contribution < -0.4 is 5.53 Å². The van der Waals surface area contributed by atoms with Gasteiger partial charge in [0.05, 0.1) is 18.9 Å². The zero-order valence-corrected chi connectivity index (χ0v) is 12.2. The van der Waals surface area contributed by atoms with Crippen LogP contribution in [0.2, 0.25) is 0 Å². The fraction of sp³-hybridized carbons (Fsp3) is 0.467. The van der Waals surface area contributed by atoms with Gasteiger partial charge in [-0.25, -0.2) is 5.01 Å². The Kier molecular flexibility index (Phi) is 6.01. The van der Waals surface area contributed by atoms with E-state index < -0.39 is 0 Å². The highest BCUT2D eigenvalue weighted by Gasteiger charge is 2.13. The van der Waals surface area contributed by atoms with Gasteiger partial charge in [-0.3, -0.25) is 5.01 Å². The highest BCUT2D eigenvalue weighted by Crippen LogP contribution is 2.18. The fourth-order valence-corrected chi connectivity index (χ4v) is 2.07. The van der Waals surface area contributed by atoms with E-state index >= 15 is 0 Å². The zero-order valence-electron chi connectivity index (χ0n) is 12.2. The van der Waals surface area contributed by atoms with Crippen LogP contribution in [0.4, 0.5) is 0 Å². The molecule has 110 valence electrons. The normalized spacial score (nSPS) is 19.9. The summed E-state index contributed by atoms with van der Waals surface area (Å²) in [6, 6.07) is 10.4. The van der Waals surface area contributed by atoms with Gasteiger partial charge in [-0.05, 0) is 18.1 Å². The van der Waals surface area contributed by atoms with E-state index in [1.54, 1.807) is 0 Å². The highest BCUT2D eigenvalue weighted by molar-refractivity contribution is 5.64. The molecule has 0 amide bonds. The largest absolute Gasteiger partial charge is 0.355 e. The molecule has 0 radical (unpaired) electrons. The first-order valence-electron chi connectivity index (χ1n) is 6.89. The third kappa shape index (κ3) is 4.61. The minimum absolute atomic E-state index is 0.500. The molecule has 0 spiro atoms. The van der Waals surface area contributed by atoms with Gasteiger partial charge in [0, 0.05) is 20.6 Å². The Balaban J connectivity index is 0.000000205. The summed E-state index contributed by atoms with van der Waals surface area (Å²) >= 11 is 0. The number of ether oxygens (including phenoxy) is 2. The van der Waals surface area contributed by atoms with Crippen molar-refractivity contribution in [1.29, 1.82) is 0 Å². The van der Waals surface area contributed by atoms with Gasteiger partial charge in [0.25, 0.3) is 0 Å². The molecule has 1 saturated heterocycles. The van der Waals surface area contributed by atoms with E-state index in [2.05, 4.69) is 35.9 Å². The van der Waals surface area contributed by atoms with Crippen molar-refractivity contribution in [2.45, 2.75) is 6.42 Å². The maximum atomic E-state index is 4.85. The SMILES string of the molecule is C1COCOC1.CN1CC=C(c2ccccc2)N(C)N1. The number of likely N-dealkylation sites (N-methyl/N-ethyl adjacent to an activating group) is 1. The summed E-state index contributed by atoms with van der Waals surface area (Å²) in [4.78, 5) is 0. The molecule has 20 heavy (non-hydrogen) atoms. The lowest BCUT2D eigenvalue weighted by atomic mass is 10.1. The van der Waals surface area contributed by atoms with Gasteiger partial charge < -0.3 is 9.47 Å². The second-order valence-electron chi connectivity index (χ2n) is 4.78. The van der Waals surface area contributed by atoms with Gasteiger partial charge in [0.15, 0.2) is 0 Å². The summed E-state index contributed by atoms with van der Waals surface area (Å²) in [6.07, 6.45) is 3.27. The number of nitrogens with zero attached hydrogens (tertiary/aromatic N) is 2. The summed E-state index contributed by atoms with van der Waals surface area (Å²) < 4.78 is 9.69. The molecule has 0 unspecified atom stereocenters. The molecular formula is C15H23N3O2. The molecular weight excluding hydrogens is 254 g/mol. The average molecular weight is 277 g/mol. The molecule has 2 aliphatic heterocycles. The molecule has 0 aromatic heterocycles. The van der Waals surface area contributed by atoms with Crippen molar-refractivity contribution in [3.05, 3.63) is 42.0 Å². The summed E-state index contributed by atoms with van der Waals surface area (Å²) in [5.41, 5.74) is 5.70. The number of hydrogen-bond donors (Lipinski definition) is 1. The molecule has 0 saturated carbocycles. The van der Waals surface area contributed by atoms with Crippen molar-refractivity contribution in [2.75, 3.05) is 40.6 Å². The molecule has 0 aliphatic carbocycles. The van der Waals surface area contributed by atoms with Gasteiger partial charge in [0.1, 0.15) is 6.79 Å². The van der Waals surface area contributed by atoms with Crippen LogP contribution in [0.3, 0.4) is 0 Å². The van der Waals surface area contributed by atoms with E-state index in [1.165, 1.54) is 11.3 Å². The number of hydrazine groups is 2. The van der Waals surface area contributed by atoms with Gasteiger partial charge in [-0.15, -0.1) is 0 Å². The van der Waals surface area contributed by atoms with Crippen molar-refractivity contribution in [2.24, 2.45) is 0 Å². The zero-order chi connectivity index (χ0) is 14.2. The lowest BCUT2D eigenvalue weighted by Gasteiger charge is -2.33. The lowest BCUT2D eigenvalue weighted by Crippen LogP contribution is -2.48. The second-order valence-corrected chi connectivity index (χ2v) is 4.78. The van der Waals surface area contributed by atoms with E-state index in [1.807, 2.05) is 30.2 Å². The molecule has 1 fully saturated rings. The predicted octanol–water partition coefficient (Wildman–Crippen LogP) is 1.71. The molecule has 1 aromatic carbocycles. The monoisotopic (exact) mass is 277 g/mol. The molecule has 2 aliphatic rings. The minimum Gasteiger partial charge on any atom is -0.355 e. The van der Waals surface area contributed by atoms with Crippen LogP contribution in [0.25, 0.3) is 5.70 Å². The first-order chi connectivity index (χ1) is 9.77. The molecule has 1 aromatic rings. The number of rotatable bonds is 1. The van der Waals surface area contributed by atoms with Gasteiger partial charge in [-0.1, -0.05) is 30.3 Å². The molecule has 0 bridgehead atoms. The summed E-state index contributed by atoms with van der Waals surface area (Å²) in [6.45, 7) is 3.18. The van der Waals surface area contributed by atoms with Crippen LogP contribution in [0, 0.1) is 0 Å². The topological polar surface area (TPSA) is 37.0 Å². The molecule has 1 N–H and O–H groups in total. The van der Waals surface area contributed by atoms with Crippen molar-refractivity contribution < 1.29 is 9.47 Å². The Labute approximate surface area is 120 Å². The van der Waals surface area contributed by atoms with Crippen LogP contribution in [-0.2, 0) is 9.47 Å². The third-order valence-corrected chi connectivity index (χ3v) is 3.05. The maximum Gasteiger partial charge on any atom is 0.146 e. The van der Waals surface area contributed by atoms with Crippen molar-refractivity contribution >= 4 is 5.70 Å². The Morgan fingerprint density at radius 1 is 1.05 bits per heavy atom. The van der Waals surface area contributed by atoms with Gasteiger partial charge >= 0.3 is 0 Å². The fourth-order valence-electron chi connectivity index (χ4n) is 2.07. The maximum absolute atomic E-state index is 4.85. The van der Waals surface area contributed by atoms with Crippen molar-refractivity contribution in [3.8, 4) is 0 Å². The standard InChI is InChI=1S/C11H15N3.C4H8O2/c1-13-9-8-11(14(2)12-13)10-6-4-3-5-7-10;1-2-5-4-6-3-1/h3-8,12H,9H2,1-2H3;1-4H2. The van der Waals surface area contributed by atoms with Crippen molar-refractivity contribution in [1.82, 2.24) is 15.6 Å². The number of benzene rings is 1. The number of nitrogens with one attached hydrogen (secondary N) is 1. The van der Waals surface area contributed by atoms with Gasteiger partial charge in [0.2, 0.25) is 0 Å². The Bertz CT molecular complexity index is 407. The quantitative estimate of drug-likeness (QED) is 0.845. The summed E-state index contributed by atoms with van der Waals surface area (Å²) in [5.74, 6) is 0. The second kappa shape index (κ2) is 8.01. The van der Waals surface area contributed by atoms with Crippen LogP contribution in [0.15, 0.2) is 36.4 Å². The first kappa shape index (κ1) is 15.0. The van der Waals surface area contributed by atoms with E-state index in [9.17, 15) is 0 Å². The summed E-state index contributed by atoms with van der Waals surface area (Å²) in [5, 5.41) is 4.06. The molecule has 2 heterocycles. The highest BCUT2D eigenvalue weighted by atomic mass is 16.7. The molecule has 0 atom stereocenters. The van der Waals surface area contributed by atoms with Crippen LogP contribution in [-0.4, -0.2) is 50.7 Å². The Hall–Kier alpha value is -1.40. The third-order valence-electron chi connectivity index (χ3n) is 3.05. The Morgan fingerprint density at radius 2 is 1.75 bits per heavy atom. The first-order valence-corrected chi connectivity index (χ1v) is 6.89. The average Bonchev–Trinajstić information content (AvgIpc) is 2.50. The molecule has 3 rings (SSSR count). The molecule has 5 heteroatoms. The van der Waals surface area contributed by atoms with Crippen LogP contribution >= 0.6 is 0 Å². The van der Waals surface area contributed by atoms with Crippen LogP contribution in [0.1, 0.15) is 12.0 Å². The molecule has 5 nitrogen and oxygen atoms in total. The summed E-state index contributed by atoms with van der Waals surface area (Å²) in [7, 11) is 4.04.